The zero-order chi connectivity index (χ0) is 13.3. The van der Waals surface area contributed by atoms with E-state index in [0.717, 1.165) is 4.47 Å². The van der Waals surface area contributed by atoms with Crippen molar-refractivity contribution < 1.29 is 14.3 Å². The minimum absolute atomic E-state index is 0.177. The highest BCUT2D eigenvalue weighted by molar-refractivity contribution is 9.10. The zero-order valence-electron chi connectivity index (χ0n) is 9.52. The minimum atomic E-state index is -0.964. The van der Waals surface area contributed by atoms with Crippen LogP contribution in [0.15, 0.2) is 28.7 Å². The number of hydrogen-bond acceptors (Lipinski definition) is 2. The molecule has 94 valence electrons. The Hall–Kier alpha value is -1.69. The highest BCUT2D eigenvalue weighted by Gasteiger charge is 2.13. The van der Waals surface area contributed by atoms with Gasteiger partial charge in [-0.1, -0.05) is 15.9 Å². The lowest BCUT2D eigenvalue weighted by atomic mass is 10.1. The van der Waals surface area contributed by atoms with Crippen molar-refractivity contribution in [1.29, 1.82) is 0 Å². The summed E-state index contributed by atoms with van der Waals surface area (Å²) < 4.78 is 16.0. The molecule has 1 heterocycles. The highest BCUT2D eigenvalue weighted by atomic mass is 79.9. The van der Waals surface area contributed by atoms with Crippen LogP contribution in [0.3, 0.4) is 0 Å². The molecule has 0 spiro atoms. The number of nitrogens with zero attached hydrogens (tertiary/aromatic N) is 2. The normalized spacial score (nSPS) is 10.6. The number of carboxylic acid groups (broad SMARTS) is 1. The SMILES string of the molecule is Cn1nc(CC(=O)O)cc1-c1cc(Br)ccc1F. The van der Waals surface area contributed by atoms with Crippen molar-refractivity contribution in [3.63, 3.8) is 0 Å². The zero-order valence-corrected chi connectivity index (χ0v) is 11.1. The van der Waals surface area contributed by atoms with Gasteiger partial charge in [0.2, 0.25) is 0 Å². The van der Waals surface area contributed by atoms with E-state index in [2.05, 4.69) is 21.0 Å². The standard InChI is InChI=1S/C12H10BrFN2O2/c1-16-11(5-8(15-16)6-12(17)18)9-4-7(13)2-3-10(9)14/h2-5H,6H2,1H3,(H,17,18). The van der Waals surface area contributed by atoms with Crippen LogP contribution in [-0.2, 0) is 18.3 Å². The summed E-state index contributed by atoms with van der Waals surface area (Å²) in [4.78, 5) is 10.6. The molecule has 0 aliphatic heterocycles. The first kappa shape index (κ1) is 12.8. The van der Waals surface area contributed by atoms with Gasteiger partial charge in [-0.2, -0.15) is 5.10 Å². The van der Waals surface area contributed by atoms with Gasteiger partial charge in [0, 0.05) is 17.1 Å². The van der Waals surface area contributed by atoms with Crippen LogP contribution >= 0.6 is 15.9 Å². The van der Waals surface area contributed by atoms with Gasteiger partial charge < -0.3 is 5.11 Å². The summed E-state index contributed by atoms with van der Waals surface area (Å²) in [5.41, 5.74) is 1.33. The van der Waals surface area contributed by atoms with E-state index in [-0.39, 0.29) is 12.2 Å². The lowest BCUT2D eigenvalue weighted by Gasteiger charge is -2.03. The van der Waals surface area contributed by atoms with Crippen LogP contribution in [0, 0.1) is 5.82 Å². The molecule has 0 fully saturated rings. The second-order valence-electron chi connectivity index (χ2n) is 3.84. The third-order valence-corrected chi connectivity index (χ3v) is 2.96. The predicted molar refractivity (Wildman–Crippen MR) is 67.6 cm³/mol. The number of aryl methyl sites for hydroxylation is 1. The summed E-state index contributed by atoms with van der Waals surface area (Å²) in [6, 6.07) is 6.17. The highest BCUT2D eigenvalue weighted by Crippen LogP contribution is 2.26. The molecule has 1 aromatic heterocycles. The number of carbonyl (C=O) groups is 1. The molecule has 2 rings (SSSR count). The van der Waals surface area contributed by atoms with E-state index in [9.17, 15) is 9.18 Å². The van der Waals surface area contributed by atoms with Gasteiger partial charge in [0.1, 0.15) is 5.82 Å². The number of aliphatic carboxylic acids is 1. The molecule has 2 aromatic rings. The van der Waals surface area contributed by atoms with Crippen molar-refractivity contribution in [2.75, 3.05) is 0 Å². The number of hydrogen-bond donors (Lipinski definition) is 1. The van der Waals surface area contributed by atoms with Crippen LogP contribution in [0.25, 0.3) is 11.3 Å². The van der Waals surface area contributed by atoms with Crippen LogP contribution in [0.4, 0.5) is 4.39 Å². The van der Waals surface area contributed by atoms with E-state index in [1.165, 1.54) is 10.7 Å². The fourth-order valence-corrected chi connectivity index (χ4v) is 2.07. The third kappa shape index (κ3) is 2.59. The van der Waals surface area contributed by atoms with E-state index < -0.39 is 5.97 Å². The Morgan fingerprint density at radius 2 is 2.22 bits per heavy atom. The monoisotopic (exact) mass is 312 g/mol. The van der Waals surface area contributed by atoms with Crippen LogP contribution in [0.1, 0.15) is 5.69 Å². The topological polar surface area (TPSA) is 55.1 Å². The maximum atomic E-state index is 13.7. The second-order valence-corrected chi connectivity index (χ2v) is 4.75. The Balaban J connectivity index is 2.47. The second kappa shape index (κ2) is 4.89. The van der Waals surface area contributed by atoms with Crippen LogP contribution in [0.2, 0.25) is 0 Å². The summed E-state index contributed by atoms with van der Waals surface area (Å²) in [7, 11) is 1.65. The molecule has 1 N–H and O–H groups in total. The summed E-state index contributed by atoms with van der Waals surface area (Å²) in [6.45, 7) is 0. The number of aromatic nitrogens is 2. The first-order valence-corrected chi connectivity index (χ1v) is 5.97. The molecular weight excluding hydrogens is 303 g/mol. The fraction of sp³-hybridized carbons (Fsp3) is 0.167. The van der Waals surface area contributed by atoms with Crippen LogP contribution < -0.4 is 0 Å². The van der Waals surface area contributed by atoms with Crippen molar-refractivity contribution >= 4 is 21.9 Å². The lowest BCUT2D eigenvalue weighted by Crippen LogP contribution is -2.01. The third-order valence-electron chi connectivity index (χ3n) is 2.47. The molecule has 0 radical (unpaired) electrons. The number of halogens is 2. The van der Waals surface area contributed by atoms with Gasteiger partial charge in [0.25, 0.3) is 0 Å². The Kier molecular flexibility index (Phi) is 3.47. The van der Waals surface area contributed by atoms with Crippen molar-refractivity contribution in [2.45, 2.75) is 6.42 Å². The Morgan fingerprint density at radius 1 is 1.50 bits per heavy atom. The van der Waals surface area contributed by atoms with E-state index in [4.69, 9.17) is 5.11 Å². The van der Waals surface area contributed by atoms with E-state index >= 15 is 0 Å². The molecule has 0 unspecified atom stereocenters. The van der Waals surface area contributed by atoms with Gasteiger partial charge in [-0.3, -0.25) is 9.48 Å². The Morgan fingerprint density at radius 3 is 2.89 bits per heavy atom. The minimum Gasteiger partial charge on any atom is -0.481 e. The summed E-state index contributed by atoms with van der Waals surface area (Å²) in [5, 5.41) is 12.8. The largest absolute Gasteiger partial charge is 0.481 e. The number of carboxylic acids is 1. The molecule has 0 amide bonds. The van der Waals surface area contributed by atoms with Gasteiger partial charge in [-0.25, -0.2) is 4.39 Å². The molecule has 0 bridgehead atoms. The average Bonchev–Trinajstić information content (AvgIpc) is 2.62. The molecule has 1 aromatic carbocycles. The van der Waals surface area contributed by atoms with Gasteiger partial charge in [-0.15, -0.1) is 0 Å². The average molecular weight is 313 g/mol. The first-order valence-electron chi connectivity index (χ1n) is 5.17. The molecule has 0 aliphatic rings. The number of rotatable bonds is 3. The Labute approximate surface area is 111 Å². The maximum absolute atomic E-state index is 13.7. The smallest absolute Gasteiger partial charge is 0.309 e. The van der Waals surface area contributed by atoms with Gasteiger partial charge in [0.05, 0.1) is 17.8 Å². The van der Waals surface area contributed by atoms with Gasteiger partial charge in [0.15, 0.2) is 0 Å². The predicted octanol–water partition coefficient (Wildman–Crippen LogP) is 2.62. The Bertz CT molecular complexity index is 610. The molecule has 0 saturated heterocycles. The maximum Gasteiger partial charge on any atom is 0.309 e. The van der Waals surface area contributed by atoms with Crippen LogP contribution in [-0.4, -0.2) is 20.9 Å². The van der Waals surface area contributed by atoms with Crippen LogP contribution in [0.5, 0.6) is 0 Å². The van der Waals surface area contributed by atoms with Crippen molar-refractivity contribution in [3.05, 3.63) is 40.2 Å². The fourth-order valence-electron chi connectivity index (χ4n) is 1.71. The first-order chi connectivity index (χ1) is 8.47. The molecule has 0 aliphatic carbocycles. The summed E-state index contributed by atoms with van der Waals surface area (Å²) >= 11 is 3.27. The molecule has 0 saturated carbocycles. The lowest BCUT2D eigenvalue weighted by molar-refractivity contribution is -0.136. The summed E-state index contributed by atoms with van der Waals surface area (Å²) in [6.07, 6.45) is -0.177. The van der Waals surface area contributed by atoms with Gasteiger partial charge >= 0.3 is 5.97 Å². The van der Waals surface area contributed by atoms with Crippen molar-refractivity contribution in [1.82, 2.24) is 9.78 Å². The van der Waals surface area contributed by atoms with Crippen molar-refractivity contribution in [3.8, 4) is 11.3 Å². The molecule has 18 heavy (non-hydrogen) atoms. The molecule has 4 nitrogen and oxygen atoms in total. The summed E-state index contributed by atoms with van der Waals surface area (Å²) in [5.74, 6) is -1.34. The number of benzene rings is 1. The van der Waals surface area contributed by atoms with Gasteiger partial charge in [-0.05, 0) is 24.3 Å². The van der Waals surface area contributed by atoms with E-state index in [1.54, 1.807) is 25.2 Å². The van der Waals surface area contributed by atoms with E-state index in [0.29, 0.717) is 17.0 Å². The molecule has 6 heteroatoms. The molecular formula is C12H10BrFN2O2. The quantitative estimate of drug-likeness (QED) is 0.948. The van der Waals surface area contributed by atoms with E-state index in [1.807, 2.05) is 0 Å². The molecule has 0 atom stereocenters. The van der Waals surface area contributed by atoms with Crippen molar-refractivity contribution in [2.24, 2.45) is 7.05 Å².